The van der Waals surface area contributed by atoms with Crippen LogP contribution >= 0.6 is 0 Å². The molecule has 3 unspecified atom stereocenters. The summed E-state index contributed by atoms with van der Waals surface area (Å²) in [4.78, 5) is 13.4. The summed E-state index contributed by atoms with van der Waals surface area (Å²) >= 11 is 0. The van der Waals surface area contributed by atoms with E-state index in [9.17, 15) is 13.2 Å². The van der Waals surface area contributed by atoms with Gasteiger partial charge >= 0.3 is 0 Å². The maximum atomic E-state index is 12.0. The quantitative estimate of drug-likeness (QED) is 0.709. The van der Waals surface area contributed by atoms with Crippen molar-refractivity contribution in [3.63, 3.8) is 0 Å². The van der Waals surface area contributed by atoms with E-state index in [-0.39, 0.29) is 19.3 Å². The number of carbonyl (C=O) groups excluding carboxylic acids is 1. The van der Waals surface area contributed by atoms with Crippen molar-refractivity contribution >= 4 is 15.7 Å². The molecule has 0 aromatic rings. The van der Waals surface area contributed by atoms with Gasteiger partial charge in [0.15, 0.2) is 9.84 Å². The third-order valence-electron chi connectivity index (χ3n) is 2.83. The van der Waals surface area contributed by atoms with Crippen LogP contribution in [-0.4, -0.2) is 67.7 Å². The van der Waals surface area contributed by atoms with Crippen molar-refractivity contribution in [1.82, 2.24) is 4.90 Å². The van der Waals surface area contributed by atoms with Crippen LogP contribution in [0.15, 0.2) is 0 Å². The van der Waals surface area contributed by atoms with E-state index in [1.807, 2.05) is 0 Å². The highest BCUT2D eigenvalue weighted by molar-refractivity contribution is 7.92. The minimum Gasteiger partial charge on any atom is -0.394 e. The van der Waals surface area contributed by atoms with Gasteiger partial charge in [0.25, 0.3) is 0 Å². The maximum Gasteiger partial charge on any atom is 0.240 e. The highest BCUT2D eigenvalue weighted by Gasteiger charge is 2.33. The number of nitrogens with zero attached hydrogens (tertiary/aromatic N) is 1. The summed E-state index contributed by atoms with van der Waals surface area (Å²) in [5, 5.41) is 7.98. The second kappa shape index (κ2) is 5.32. The van der Waals surface area contributed by atoms with E-state index >= 15 is 0 Å². The molecule has 1 saturated heterocycles. The molecule has 17 heavy (non-hydrogen) atoms. The Hall–Kier alpha value is -0.660. The Bertz CT molecular complexity index is 380. The molecule has 1 aliphatic heterocycles. The molecule has 1 rings (SSSR count). The molecule has 1 amide bonds. The molecule has 1 fully saturated rings. The van der Waals surface area contributed by atoms with Crippen LogP contribution in [0.1, 0.15) is 13.8 Å². The van der Waals surface area contributed by atoms with Crippen molar-refractivity contribution in [3.8, 4) is 0 Å². The molecule has 0 saturated carbocycles. The van der Waals surface area contributed by atoms with Gasteiger partial charge < -0.3 is 14.7 Å². The Labute approximate surface area is 101 Å². The third-order valence-corrected chi connectivity index (χ3v) is 4.32. The number of aliphatic hydroxyl groups is 1. The molecule has 0 radical (unpaired) electrons. The molecule has 1 heterocycles. The van der Waals surface area contributed by atoms with Crippen LogP contribution in [0.2, 0.25) is 0 Å². The van der Waals surface area contributed by atoms with Gasteiger partial charge in [-0.15, -0.1) is 0 Å². The fraction of sp³-hybridized carbons (Fsp3) is 0.900. The largest absolute Gasteiger partial charge is 0.394 e. The van der Waals surface area contributed by atoms with E-state index in [2.05, 4.69) is 0 Å². The Morgan fingerprint density at radius 3 is 2.59 bits per heavy atom. The minimum absolute atomic E-state index is 0.179. The number of ether oxygens (including phenoxy) is 1. The molecule has 1 aliphatic rings. The summed E-state index contributed by atoms with van der Waals surface area (Å²) in [6, 6.07) is 0. The first-order valence-electron chi connectivity index (χ1n) is 5.49. The van der Waals surface area contributed by atoms with E-state index in [1.165, 1.54) is 11.8 Å². The zero-order valence-electron chi connectivity index (χ0n) is 10.3. The maximum absolute atomic E-state index is 12.0. The van der Waals surface area contributed by atoms with Crippen molar-refractivity contribution in [2.45, 2.75) is 31.3 Å². The van der Waals surface area contributed by atoms with Gasteiger partial charge in [0.1, 0.15) is 5.25 Å². The van der Waals surface area contributed by atoms with E-state index < -0.39 is 27.1 Å². The summed E-state index contributed by atoms with van der Waals surface area (Å²) in [7, 11) is -3.39. The average Bonchev–Trinajstić information content (AvgIpc) is 2.24. The highest BCUT2D eigenvalue weighted by Crippen LogP contribution is 2.14. The minimum atomic E-state index is -3.39. The molecule has 0 aromatic carbocycles. The standard InChI is InChI=1S/C10H19NO5S/c1-7-4-11(5-9(6-12)16-7)10(13)8(2)17(3,14)15/h7-9,12H,4-6H2,1-3H3. The van der Waals surface area contributed by atoms with Gasteiger partial charge in [-0.1, -0.05) is 0 Å². The SMILES string of the molecule is CC1CN(C(=O)C(C)S(C)(=O)=O)CC(CO)O1. The summed E-state index contributed by atoms with van der Waals surface area (Å²) in [6.45, 7) is 3.58. The fourth-order valence-electron chi connectivity index (χ4n) is 1.77. The van der Waals surface area contributed by atoms with Gasteiger partial charge in [0, 0.05) is 19.3 Å². The van der Waals surface area contributed by atoms with Crippen LogP contribution in [0, 0.1) is 0 Å². The summed E-state index contributed by atoms with van der Waals surface area (Å²) in [6.07, 6.45) is 0.411. The number of sulfone groups is 1. The van der Waals surface area contributed by atoms with Crippen LogP contribution in [0.4, 0.5) is 0 Å². The van der Waals surface area contributed by atoms with Gasteiger partial charge in [-0.25, -0.2) is 8.42 Å². The molecule has 0 bridgehead atoms. The zero-order chi connectivity index (χ0) is 13.2. The molecule has 6 nitrogen and oxygen atoms in total. The van der Waals surface area contributed by atoms with Gasteiger partial charge in [-0.2, -0.15) is 0 Å². The summed E-state index contributed by atoms with van der Waals surface area (Å²) in [5.74, 6) is -0.430. The lowest BCUT2D eigenvalue weighted by molar-refractivity contribution is -0.146. The number of morpholine rings is 1. The summed E-state index contributed by atoms with van der Waals surface area (Å²) < 4.78 is 28.0. The van der Waals surface area contributed by atoms with E-state index in [1.54, 1.807) is 6.92 Å². The zero-order valence-corrected chi connectivity index (χ0v) is 11.1. The molecule has 100 valence electrons. The number of amides is 1. The van der Waals surface area contributed by atoms with E-state index in [0.29, 0.717) is 6.54 Å². The Morgan fingerprint density at radius 1 is 1.53 bits per heavy atom. The molecule has 7 heteroatoms. The average molecular weight is 265 g/mol. The number of hydrogen-bond acceptors (Lipinski definition) is 5. The van der Waals surface area contributed by atoms with Crippen molar-refractivity contribution < 1.29 is 23.1 Å². The van der Waals surface area contributed by atoms with Gasteiger partial charge in [-0.3, -0.25) is 4.79 Å². The van der Waals surface area contributed by atoms with Crippen LogP contribution < -0.4 is 0 Å². The molecular formula is C10H19NO5S. The molecule has 1 N–H and O–H groups in total. The predicted octanol–water partition coefficient (Wildman–Crippen LogP) is -0.972. The second-order valence-corrected chi connectivity index (χ2v) is 6.83. The highest BCUT2D eigenvalue weighted by atomic mass is 32.2. The number of aliphatic hydroxyl groups excluding tert-OH is 1. The molecule has 0 aromatic heterocycles. The molecule has 3 atom stereocenters. The first kappa shape index (κ1) is 14.4. The number of hydrogen-bond donors (Lipinski definition) is 1. The first-order chi connectivity index (χ1) is 7.75. The Morgan fingerprint density at radius 2 is 2.12 bits per heavy atom. The summed E-state index contributed by atoms with van der Waals surface area (Å²) in [5.41, 5.74) is 0. The second-order valence-electron chi connectivity index (χ2n) is 4.47. The monoisotopic (exact) mass is 265 g/mol. The van der Waals surface area contributed by atoms with Gasteiger partial charge in [0.2, 0.25) is 5.91 Å². The van der Waals surface area contributed by atoms with Crippen LogP contribution in [-0.2, 0) is 19.4 Å². The lowest BCUT2D eigenvalue weighted by atomic mass is 10.2. The fourth-order valence-corrected chi connectivity index (χ4v) is 2.28. The number of rotatable bonds is 3. The van der Waals surface area contributed by atoms with Gasteiger partial charge in [-0.05, 0) is 13.8 Å². The van der Waals surface area contributed by atoms with Gasteiger partial charge in [0.05, 0.1) is 18.8 Å². The van der Waals surface area contributed by atoms with Crippen molar-refractivity contribution in [3.05, 3.63) is 0 Å². The van der Waals surface area contributed by atoms with Crippen LogP contribution in [0.5, 0.6) is 0 Å². The van der Waals surface area contributed by atoms with Crippen LogP contribution in [0.3, 0.4) is 0 Å². The predicted molar refractivity (Wildman–Crippen MR) is 62.3 cm³/mol. The lowest BCUT2D eigenvalue weighted by Crippen LogP contribution is -2.53. The number of carbonyl (C=O) groups is 1. The first-order valence-corrected chi connectivity index (χ1v) is 7.45. The molecule has 0 aliphatic carbocycles. The Kier molecular flexibility index (Phi) is 4.51. The lowest BCUT2D eigenvalue weighted by Gasteiger charge is -2.37. The normalized spacial score (nSPS) is 27.9. The smallest absolute Gasteiger partial charge is 0.240 e. The van der Waals surface area contributed by atoms with E-state index in [4.69, 9.17) is 9.84 Å². The van der Waals surface area contributed by atoms with Crippen molar-refractivity contribution in [2.75, 3.05) is 26.0 Å². The molecule has 0 spiro atoms. The Balaban J connectivity index is 2.75. The molecular weight excluding hydrogens is 246 g/mol. The van der Waals surface area contributed by atoms with E-state index in [0.717, 1.165) is 6.26 Å². The van der Waals surface area contributed by atoms with Crippen molar-refractivity contribution in [2.24, 2.45) is 0 Å². The van der Waals surface area contributed by atoms with Crippen LogP contribution in [0.25, 0.3) is 0 Å². The third kappa shape index (κ3) is 3.65. The topological polar surface area (TPSA) is 83.9 Å². The van der Waals surface area contributed by atoms with Crippen molar-refractivity contribution in [1.29, 1.82) is 0 Å².